The highest BCUT2D eigenvalue weighted by Gasteiger charge is 2.35. The number of pyridine rings is 1. The zero-order valence-electron chi connectivity index (χ0n) is 19.7. The molecule has 0 fully saturated rings. The molecule has 1 aliphatic rings. The summed E-state index contributed by atoms with van der Waals surface area (Å²) < 4.78 is 0. The van der Waals surface area contributed by atoms with Gasteiger partial charge in [-0.1, -0.05) is 69.3 Å². The Labute approximate surface area is 196 Å². The van der Waals surface area contributed by atoms with Crippen LogP contribution in [0.1, 0.15) is 32.0 Å². The third kappa shape index (κ3) is 4.21. The number of aromatic nitrogens is 1. The third-order valence-corrected chi connectivity index (χ3v) is 6.25. The topological polar surface area (TPSA) is 40.5 Å². The van der Waals surface area contributed by atoms with Gasteiger partial charge in [-0.05, 0) is 48.7 Å². The van der Waals surface area contributed by atoms with Gasteiger partial charge in [0.2, 0.25) is 0 Å². The van der Waals surface area contributed by atoms with E-state index in [-0.39, 0.29) is 11.5 Å². The Bertz CT molecular complexity index is 1320. The monoisotopic (exact) mass is 434 g/mol. The number of hydrogen-bond donors (Lipinski definition) is 1. The van der Waals surface area contributed by atoms with E-state index < -0.39 is 0 Å². The molecule has 0 saturated heterocycles. The molecule has 1 atom stereocenters. The molecule has 4 aromatic rings. The number of fused-ring (bicyclic) bond motifs is 1. The number of anilines is 3. The summed E-state index contributed by atoms with van der Waals surface area (Å²) >= 11 is 0. The summed E-state index contributed by atoms with van der Waals surface area (Å²) in [6, 6.07) is 29.7. The average molecular weight is 435 g/mol. The van der Waals surface area contributed by atoms with E-state index >= 15 is 0 Å². The quantitative estimate of drug-likeness (QED) is 0.377. The van der Waals surface area contributed by atoms with Gasteiger partial charge in [-0.3, -0.25) is 9.98 Å². The van der Waals surface area contributed by atoms with Gasteiger partial charge in [0.25, 0.3) is 0 Å². The van der Waals surface area contributed by atoms with E-state index in [1.54, 1.807) is 0 Å². The molecule has 0 bridgehead atoms. The summed E-state index contributed by atoms with van der Waals surface area (Å²) in [7, 11) is 0. The van der Waals surface area contributed by atoms with E-state index in [1.807, 2.05) is 6.92 Å². The fraction of sp³-hybridized carbons (Fsp3) is 0.241. The molecule has 166 valence electrons. The molecule has 3 aromatic carbocycles. The molecule has 0 radical (unpaired) electrons. The highest BCUT2D eigenvalue weighted by Crippen LogP contribution is 2.35. The predicted molar refractivity (Wildman–Crippen MR) is 140 cm³/mol. The van der Waals surface area contributed by atoms with Crippen molar-refractivity contribution in [3.05, 3.63) is 96.2 Å². The predicted octanol–water partition coefficient (Wildman–Crippen LogP) is 6.97. The molecule has 5 rings (SSSR count). The van der Waals surface area contributed by atoms with E-state index in [0.29, 0.717) is 0 Å². The minimum Gasteiger partial charge on any atom is -0.353 e. The maximum absolute atomic E-state index is 5.25. The van der Waals surface area contributed by atoms with Crippen LogP contribution in [-0.4, -0.2) is 23.4 Å². The lowest BCUT2D eigenvalue weighted by Gasteiger charge is -2.26. The molecule has 33 heavy (non-hydrogen) atoms. The Kier molecular flexibility index (Phi) is 5.37. The zero-order valence-corrected chi connectivity index (χ0v) is 19.7. The highest BCUT2D eigenvalue weighted by molar-refractivity contribution is 6.15. The smallest absolute Gasteiger partial charge is 0.137 e. The van der Waals surface area contributed by atoms with Crippen LogP contribution in [0, 0.1) is 12.3 Å². The van der Waals surface area contributed by atoms with Crippen molar-refractivity contribution in [2.75, 3.05) is 16.8 Å². The lowest BCUT2D eigenvalue weighted by Crippen LogP contribution is -2.34. The van der Waals surface area contributed by atoms with Crippen molar-refractivity contribution in [2.24, 2.45) is 10.4 Å². The van der Waals surface area contributed by atoms with Crippen LogP contribution in [0.15, 0.2) is 89.9 Å². The molecule has 2 heterocycles. The average Bonchev–Trinajstić information content (AvgIpc) is 3.26. The fourth-order valence-electron chi connectivity index (χ4n) is 4.31. The van der Waals surface area contributed by atoms with Gasteiger partial charge in [-0.2, -0.15) is 0 Å². The zero-order chi connectivity index (χ0) is 23.0. The third-order valence-electron chi connectivity index (χ3n) is 6.25. The number of nitrogens with one attached hydrogen (secondary N) is 1. The number of rotatable bonds is 4. The second kappa shape index (κ2) is 8.36. The Morgan fingerprint density at radius 3 is 2.33 bits per heavy atom. The van der Waals surface area contributed by atoms with Gasteiger partial charge >= 0.3 is 0 Å². The first kappa shape index (κ1) is 21.2. The molecule has 1 aliphatic heterocycles. The second-order valence-corrected chi connectivity index (χ2v) is 9.78. The van der Waals surface area contributed by atoms with Gasteiger partial charge in [-0.25, -0.2) is 0 Å². The van der Waals surface area contributed by atoms with E-state index in [9.17, 15) is 0 Å². The molecule has 0 saturated carbocycles. The maximum atomic E-state index is 5.25. The summed E-state index contributed by atoms with van der Waals surface area (Å²) in [6.45, 7) is 9.69. The lowest BCUT2D eigenvalue weighted by molar-refractivity contribution is 0.337. The van der Waals surface area contributed by atoms with Crippen molar-refractivity contribution in [3.63, 3.8) is 0 Å². The molecule has 4 heteroatoms. The van der Waals surface area contributed by atoms with Crippen LogP contribution >= 0.6 is 0 Å². The first-order valence-corrected chi connectivity index (χ1v) is 11.5. The van der Waals surface area contributed by atoms with E-state index in [2.05, 4.69) is 116 Å². The Morgan fingerprint density at radius 2 is 1.55 bits per heavy atom. The minimum absolute atomic E-state index is 0.0776. The molecule has 0 amide bonds. The Morgan fingerprint density at radius 1 is 0.818 bits per heavy atom. The summed E-state index contributed by atoms with van der Waals surface area (Å²) in [6.07, 6.45) is 0. The van der Waals surface area contributed by atoms with E-state index in [4.69, 9.17) is 9.98 Å². The Hall–Kier alpha value is -3.66. The molecule has 0 unspecified atom stereocenters. The molecular weight excluding hydrogens is 404 g/mol. The summed E-state index contributed by atoms with van der Waals surface area (Å²) in [4.78, 5) is 12.4. The van der Waals surface area contributed by atoms with Crippen molar-refractivity contribution in [1.29, 1.82) is 0 Å². The summed E-state index contributed by atoms with van der Waals surface area (Å²) in [5.41, 5.74) is 6.36. The van der Waals surface area contributed by atoms with E-state index in [0.717, 1.165) is 45.9 Å². The van der Waals surface area contributed by atoms with Gasteiger partial charge in [0.15, 0.2) is 0 Å². The fourth-order valence-corrected chi connectivity index (χ4v) is 4.31. The van der Waals surface area contributed by atoms with Crippen molar-refractivity contribution in [3.8, 4) is 0 Å². The van der Waals surface area contributed by atoms with Gasteiger partial charge in [0.05, 0.1) is 17.2 Å². The Balaban J connectivity index is 1.60. The molecular formula is C29H30N4. The van der Waals surface area contributed by atoms with Gasteiger partial charge in [-0.15, -0.1) is 0 Å². The number of hydrogen-bond acceptors (Lipinski definition) is 4. The van der Waals surface area contributed by atoms with Gasteiger partial charge in [0, 0.05) is 34.6 Å². The molecule has 0 spiro atoms. The number of aliphatic imine (C=N–C) groups is 1. The van der Waals surface area contributed by atoms with Crippen LogP contribution in [0.25, 0.3) is 10.9 Å². The van der Waals surface area contributed by atoms with E-state index in [1.165, 1.54) is 5.69 Å². The molecule has 1 N–H and O–H groups in total. The highest BCUT2D eigenvalue weighted by atomic mass is 15.3. The van der Waals surface area contributed by atoms with Crippen molar-refractivity contribution in [2.45, 2.75) is 33.7 Å². The number of nitrogens with zero attached hydrogens (tertiary/aromatic N) is 3. The normalized spacial score (nSPS) is 16.2. The van der Waals surface area contributed by atoms with Gasteiger partial charge in [0.1, 0.15) is 5.84 Å². The lowest BCUT2D eigenvalue weighted by atomic mass is 9.87. The summed E-state index contributed by atoms with van der Waals surface area (Å²) in [5.74, 6) is 1.01. The first-order chi connectivity index (χ1) is 15.9. The molecule has 0 aliphatic carbocycles. The maximum Gasteiger partial charge on any atom is 0.137 e. The SMILES string of the molecule is Cc1ccc2cccc(Nc3ccccc3C3=N[C@@H](C(C)(C)C)CN3c3ccccc3)c2n1. The number of para-hydroxylation sites is 3. The number of aryl methyl sites for hydroxylation is 1. The standard InChI is InChI=1S/C29H30N4/c1-20-17-18-21-11-10-16-25(27(21)30-20)31-24-15-9-8-14-23(24)28-32-26(29(2,3)4)19-33(28)22-12-6-5-7-13-22/h5-18,26,31H,19H2,1-4H3/t26-/m1/s1. The van der Waals surface area contributed by atoms with Gasteiger partial charge < -0.3 is 10.2 Å². The first-order valence-electron chi connectivity index (χ1n) is 11.5. The summed E-state index contributed by atoms with van der Waals surface area (Å²) in [5, 5.41) is 4.80. The van der Waals surface area contributed by atoms with Crippen molar-refractivity contribution in [1.82, 2.24) is 4.98 Å². The molecule has 1 aromatic heterocycles. The van der Waals surface area contributed by atoms with Crippen LogP contribution in [0.3, 0.4) is 0 Å². The number of amidine groups is 1. The minimum atomic E-state index is 0.0776. The largest absolute Gasteiger partial charge is 0.353 e. The van der Waals surface area contributed by atoms with Crippen LogP contribution < -0.4 is 10.2 Å². The molecule has 4 nitrogen and oxygen atoms in total. The number of benzene rings is 3. The van der Waals surface area contributed by atoms with Crippen LogP contribution in [0.2, 0.25) is 0 Å². The van der Waals surface area contributed by atoms with Crippen LogP contribution in [0.4, 0.5) is 17.1 Å². The van der Waals surface area contributed by atoms with Crippen LogP contribution in [-0.2, 0) is 0 Å². The second-order valence-electron chi connectivity index (χ2n) is 9.78. The van der Waals surface area contributed by atoms with Crippen LogP contribution in [0.5, 0.6) is 0 Å². The van der Waals surface area contributed by atoms with Crippen molar-refractivity contribution >= 4 is 33.8 Å². The van der Waals surface area contributed by atoms with Crippen molar-refractivity contribution < 1.29 is 0 Å².